The molecule has 0 aromatic heterocycles. The first kappa shape index (κ1) is 15.3. The van der Waals surface area contributed by atoms with E-state index in [4.69, 9.17) is 0 Å². The van der Waals surface area contributed by atoms with Gasteiger partial charge in [-0.2, -0.15) is 5.26 Å². The summed E-state index contributed by atoms with van der Waals surface area (Å²) in [5.74, 6) is 0.611. The van der Waals surface area contributed by atoms with E-state index in [0.29, 0.717) is 12.0 Å². The van der Waals surface area contributed by atoms with E-state index in [1.807, 2.05) is 6.26 Å². The van der Waals surface area contributed by atoms with Gasteiger partial charge in [-0.25, -0.2) is 0 Å². The van der Waals surface area contributed by atoms with Crippen molar-refractivity contribution in [3.8, 4) is 6.07 Å². The van der Waals surface area contributed by atoms with Crippen LogP contribution in [0.4, 0.5) is 5.69 Å². The predicted octanol–water partition coefficient (Wildman–Crippen LogP) is 4.69. The largest absolute Gasteiger partial charge is 0.367 e. The van der Waals surface area contributed by atoms with Crippen molar-refractivity contribution in [2.24, 2.45) is 5.92 Å². The highest BCUT2D eigenvalue weighted by atomic mass is 32.2. The van der Waals surface area contributed by atoms with E-state index in [1.165, 1.54) is 25.7 Å². The Morgan fingerprint density at radius 3 is 2.60 bits per heavy atom. The van der Waals surface area contributed by atoms with Gasteiger partial charge in [-0.1, -0.05) is 32.8 Å². The fourth-order valence-corrected chi connectivity index (χ4v) is 3.66. The second-order valence-electron chi connectivity index (χ2n) is 5.95. The zero-order valence-corrected chi connectivity index (χ0v) is 13.5. The van der Waals surface area contributed by atoms with E-state index in [2.05, 4.69) is 43.0 Å². The van der Waals surface area contributed by atoms with Crippen LogP contribution in [-0.2, 0) is 0 Å². The molecule has 0 N–H and O–H groups in total. The van der Waals surface area contributed by atoms with E-state index >= 15 is 0 Å². The molecule has 0 radical (unpaired) electrons. The molecule has 0 atom stereocenters. The van der Waals surface area contributed by atoms with Crippen LogP contribution < -0.4 is 4.90 Å². The van der Waals surface area contributed by atoms with Gasteiger partial charge in [0.1, 0.15) is 6.07 Å². The fraction of sp³-hybridized carbons (Fsp3) is 0.588. The van der Waals surface area contributed by atoms with Crippen LogP contribution in [0.25, 0.3) is 0 Å². The maximum atomic E-state index is 9.57. The summed E-state index contributed by atoms with van der Waals surface area (Å²) in [6.07, 6.45) is 7.22. The van der Waals surface area contributed by atoms with Gasteiger partial charge < -0.3 is 4.90 Å². The molecule has 2 rings (SSSR count). The molecule has 1 aromatic carbocycles. The molecule has 0 aliphatic heterocycles. The summed E-state index contributed by atoms with van der Waals surface area (Å²) >= 11 is 1.66. The van der Waals surface area contributed by atoms with E-state index in [1.54, 1.807) is 11.8 Å². The summed E-state index contributed by atoms with van der Waals surface area (Å²) in [7, 11) is 0. The van der Waals surface area contributed by atoms with Crippen molar-refractivity contribution in [3.63, 3.8) is 0 Å². The molecule has 0 bridgehead atoms. The molecule has 0 heterocycles. The van der Waals surface area contributed by atoms with Gasteiger partial charge in [0, 0.05) is 17.5 Å². The predicted molar refractivity (Wildman–Crippen MR) is 87.4 cm³/mol. The van der Waals surface area contributed by atoms with Crippen LogP contribution in [0.2, 0.25) is 0 Å². The Morgan fingerprint density at radius 1 is 1.35 bits per heavy atom. The summed E-state index contributed by atoms with van der Waals surface area (Å²) in [5.41, 5.74) is 1.99. The molecule has 1 fully saturated rings. The SMILES string of the molecule is CSc1cccc(N(CC(C)C)C2CCCC2)c1C#N. The Morgan fingerprint density at radius 2 is 2.05 bits per heavy atom. The number of rotatable bonds is 5. The van der Waals surface area contributed by atoms with Crippen LogP contribution in [0.15, 0.2) is 23.1 Å². The summed E-state index contributed by atoms with van der Waals surface area (Å²) in [6.45, 7) is 5.55. The van der Waals surface area contributed by atoms with Gasteiger partial charge in [-0.15, -0.1) is 11.8 Å². The van der Waals surface area contributed by atoms with Gasteiger partial charge in [0.05, 0.1) is 11.3 Å². The van der Waals surface area contributed by atoms with Crippen molar-refractivity contribution in [1.29, 1.82) is 5.26 Å². The lowest BCUT2D eigenvalue weighted by Crippen LogP contribution is -2.36. The fourth-order valence-electron chi connectivity index (χ4n) is 3.09. The van der Waals surface area contributed by atoms with Gasteiger partial charge in [-0.05, 0) is 37.1 Å². The van der Waals surface area contributed by atoms with Gasteiger partial charge >= 0.3 is 0 Å². The zero-order chi connectivity index (χ0) is 14.5. The minimum atomic E-state index is 0.611. The van der Waals surface area contributed by atoms with Crippen LogP contribution in [-0.4, -0.2) is 18.8 Å². The molecule has 0 unspecified atom stereocenters. The van der Waals surface area contributed by atoms with Crippen molar-refractivity contribution in [3.05, 3.63) is 23.8 Å². The van der Waals surface area contributed by atoms with Crippen LogP contribution >= 0.6 is 11.8 Å². The van der Waals surface area contributed by atoms with E-state index < -0.39 is 0 Å². The molecule has 108 valence electrons. The highest BCUT2D eigenvalue weighted by Gasteiger charge is 2.25. The molecule has 0 saturated heterocycles. The van der Waals surface area contributed by atoms with Crippen LogP contribution in [0.5, 0.6) is 0 Å². The monoisotopic (exact) mass is 288 g/mol. The number of thioether (sulfide) groups is 1. The summed E-state index contributed by atoms with van der Waals surface area (Å²) < 4.78 is 0. The third-order valence-corrected chi connectivity index (χ3v) is 4.75. The number of hydrogen-bond donors (Lipinski definition) is 0. The maximum Gasteiger partial charge on any atom is 0.103 e. The molecular formula is C17H24N2S. The standard InChI is InChI=1S/C17H24N2S/c1-13(2)12-19(14-7-4-5-8-14)16-9-6-10-17(20-3)15(16)11-18/h6,9-10,13-14H,4-5,7-8,12H2,1-3H3. The third-order valence-electron chi connectivity index (χ3n) is 3.97. The molecule has 1 aromatic rings. The second kappa shape index (κ2) is 7.04. The lowest BCUT2D eigenvalue weighted by Gasteiger charge is -2.33. The van der Waals surface area contributed by atoms with Crippen molar-refractivity contribution in [2.75, 3.05) is 17.7 Å². The van der Waals surface area contributed by atoms with E-state index in [9.17, 15) is 5.26 Å². The van der Waals surface area contributed by atoms with Gasteiger partial charge in [0.25, 0.3) is 0 Å². The molecule has 0 amide bonds. The molecule has 1 saturated carbocycles. The quantitative estimate of drug-likeness (QED) is 0.736. The molecular weight excluding hydrogens is 264 g/mol. The number of hydrogen-bond acceptors (Lipinski definition) is 3. The van der Waals surface area contributed by atoms with Gasteiger partial charge in [-0.3, -0.25) is 0 Å². The molecule has 3 heteroatoms. The van der Waals surface area contributed by atoms with Crippen molar-refractivity contribution < 1.29 is 0 Å². The molecule has 0 spiro atoms. The Hall–Kier alpha value is -1.14. The molecule has 1 aliphatic carbocycles. The second-order valence-corrected chi connectivity index (χ2v) is 6.80. The number of nitriles is 1. The summed E-state index contributed by atoms with van der Waals surface area (Å²) in [4.78, 5) is 3.59. The normalized spacial score (nSPS) is 15.6. The van der Waals surface area contributed by atoms with Crippen LogP contribution in [0.1, 0.15) is 45.1 Å². The van der Waals surface area contributed by atoms with Crippen molar-refractivity contribution in [2.45, 2.75) is 50.5 Å². The Kier molecular flexibility index (Phi) is 5.37. The first-order valence-electron chi connectivity index (χ1n) is 7.51. The van der Waals surface area contributed by atoms with Crippen LogP contribution in [0.3, 0.4) is 0 Å². The minimum Gasteiger partial charge on any atom is -0.367 e. The average molecular weight is 288 g/mol. The van der Waals surface area contributed by atoms with Crippen LogP contribution in [0, 0.1) is 17.2 Å². The first-order chi connectivity index (χ1) is 9.67. The average Bonchev–Trinajstić information content (AvgIpc) is 2.97. The molecule has 1 aliphatic rings. The smallest absolute Gasteiger partial charge is 0.103 e. The highest BCUT2D eigenvalue weighted by Crippen LogP contribution is 2.34. The third kappa shape index (κ3) is 3.30. The minimum absolute atomic E-state index is 0.611. The van der Waals surface area contributed by atoms with Gasteiger partial charge in [0.2, 0.25) is 0 Å². The number of nitrogens with zero attached hydrogens (tertiary/aromatic N) is 2. The topological polar surface area (TPSA) is 27.0 Å². The molecule has 20 heavy (non-hydrogen) atoms. The van der Waals surface area contributed by atoms with Crippen molar-refractivity contribution in [1.82, 2.24) is 0 Å². The van der Waals surface area contributed by atoms with Crippen molar-refractivity contribution >= 4 is 17.4 Å². The molecule has 2 nitrogen and oxygen atoms in total. The first-order valence-corrected chi connectivity index (χ1v) is 8.73. The maximum absolute atomic E-state index is 9.57. The van der Waals surface area contributed by atoms with E-state index in [0.717, 1.165) is 22.7 Å². The zero-order valence-electron chi connectivity index (χ0n) is 12.7. The summed E-state index contributed by atoms with van der Waals surface area (Å²) in [5, 5.41) is 9.57. The summed E-state index contributed by atoms with van der Waals surface area (Å²) in [6, 6.07) is 9.30. The Labute approximate surface area is 127 Å². The van der Waals surface area contributed by atoms with Gasteiger partial charge in [0.15, 0.2) is 0 Å². The Bertz CT molecular complexity index is 484. The van der Waals surface area contributed by atoms with E-state index in [-0.39, 0.29) is 0 Å². The number of benzene rings is 1. The Balaban J connectivity index is 2.40. The lowest BCUT2D eigenvalue weighted by molar-refractivity contribution is 0.535. The lowest BCUT2D eigenvalue weighted by atomic mass is 10.1. The number of anilines is 1. The highest BCUT2D eigenvalue weighted by molar-refractivity contribution is 7.98.